The number of anilines is 1. The average Bonchev–Trinajstić information content (AvgIpc) is 2.34. The number of rotatable bonds is 7. The van der Waals surface area contributed by atoms with E-state index < -0.39 is 15.6 Å². The van der Waals surface area contributed by atoms with Crippen molar-refractivity contribution in [2.45, 2.75) is 26.3 Å². The van der Waals surface area contributed by atoms with Gasteiger partial charge >= 0.3 is 0 Å². The van der Waals surface area contributed by atoms with Gasteiger partial charge in [0.1, 0.15) is 5.82 Å². The minimum atomic E-state index is -3.34. The van der Waals surface area contributed by atoms with E-state index in [1.54, 1.807) is 32.2 Å². The van der Waals surface area contributed by atoms with Crippen molar-refractivity contribution in [3.63, 3.8) is 0 Å². The van der Waals surface area contributed by atoms with Crippen molar-refractivity contribution >= 4 is 21.7 Å². The third kappa shape index (κ3) is 6.09. The zero-order valence-electron chi connectivity index (χ0n) is 12.7. The molecule has 0 aliphatic heterocycles. The van der Waals surface area contributed by atoms with E-state index in [0.29, 0.717) is 17.9 Å². The van der Waals surface area contributed by atoms with E-state index in [2.05, 4.69) is 20.3 Å². The largest absolute Gasteiger partial charge is 0.370 e. The Hall–Kier alpha value is -1.67. The number of amides is 1. The van der Waals surface area contributed by atoms with Gasteiger partial charge in [-0.25, -0.2) is 18.1 Å². The Kier molecular flexibility index (Phi) is 5.68. The normalized spacial score (nSPS) is 12.0. The van der Waals surface area contributed by atoms with E-state index in [1.807, 2.05) is 6.92 Å². The molecule has 3 N–H and O–H groups in total. The molecule has 7 nitrogen and oxygen atoms in total. The molecule has 0 saturated heterocycles. The highest BCUT2D eigenvalue weighted by molar-refractivity contribution is 7.88. The summed E-state index contributed by atoms with van der Waals surface area (Å²) in [7, 11) is -3.34. The Morgan fingerprint density at radius 3 is 2.62 bits per heavy atom. The first-order valence-electron chi connectivity index (χ1n) is 6.60. The summed E-state index contributed by atoms with van der Waals surface area (Å²) in [5.41, 5.74) is -0.349. The second kappa shape index (κ2) is 6.86. The van der Waals surface area contributed by atoms with Crippen LogP contribution >= 0.6 is 0 Å². The Morgan fingerprint density at radius 1 is 1.38 bits per heavy atom. The molecule has 0 aliphatic rings. The number of carbonyl (C=O) groups excluding carboxylic acids is 1. The van der Waals surface area contributed by atoms with Gasteiger partial charge in [0, 0.05) is 24.8 Å². The summed E-state index contributed by atoms with van der Waals surface area (Å²) in [5.74, 6) is 0.203. The quantitative estimate of drug-likeness (QED) is 0.683. The van der Waals surface area contributed by atoms with E-state index >= 15 is 0 Å². The molecule has 0 fully saturated rings. The molecule has 0 radical (unpaired) electrons. The van der Waals surface area contributed by atoms with Gasteiger partial charge in [-0.15, -0.1) is 0 Å². The van der Waals surface area contributed by atoms with Crippen LogP contribution in [0.4, 0.5) is 5.82 Å². The number of nitrogens with one attached hydrogen (secondary N) is 3. The lowest BCUT2D eigenvalue weighted by Crippen LogP contribution is -2.51. The average molecular weight is 314 g/mol. The first-order valence-corrected chi connectivity index (χ1v) is 8.50. The first kappa shape index (κ1) is 17.4. The molecule has 8 heteroatoms. The van der Waals surface area contributed by atoms with Crippen molar-refractivity contribution in [3.05, 3.63) is 23.9 Å². The lowest BCUT2D eigenvalue weighted by atomic mass is 10.1. The van der Waals surface area contributed by atoms with Crippen LogP contribution in [-0.4, -0.2) is 44.2 Å². The summed E-state index contributed by atoms with van der Waals surface area (Å²) in [6, 6.07) is 3.34. The number of hydrogen-bond donors (Lipinski definition) is 3. The highest BCUT2D eigenvalue weighted by Crippen LogP contribution is 2.11. The Balaban J connectivity index is 2.74. The van der Waals surface area contributed by atoms with Crippen LogP contribution in [0.25, 0.3) is 0 Å². The summed E-state index contributed by atoms with van der Waals surface area (Å²) in [5, 5.41) is 5.72. The van der Waals surface area contributed by atoms with Crippen molar-refractivity contribution in [1.82, 2.24) is 15.0 Å². The molecule has 0 spiro atoms. The van der Waals surface area contributed by atoms with Gasteiger partial charge in [0.25, 0.3) is 5.91 Å². The zero-order valence-corrected chi connectivity index (χ0v) is 13.5. The number of sulfonamides is 1. The van der Waals surface area contributed by atoms with Crippen LogP contribution in [0.15, 0.2) is 18.3 Å². The topological polar surface area (TPSA) is 100 Å². The predicted molar refractivity (Wildman–Crippen MR) is 82.8 cm³/mol. The SMILES string of the molecule is CCNc1ncccc1C(=O)NCC(C)(C)NS(C)(=O)=O. The van der Waals surface area contributed by atoms with Crippen LogP contribution in [0.3, 0.4) is 0 Å². The second-order valence-corrected chi connectivity index (χ2v) is 7.12. The zero-order chi connectivity index (χ0) is 16.1. The minimum Gasteiger partial charge on any atom is -0.370 e. The Morgan fingerprint density at radius 2 is 2.05 bits per heavy atom. The van der Waals surface area contributed by atoms with Crippen molar-refractivity contribution < 1.29 is 13.2 Å². The third-order valence-corrected chi connectivity index (χ3v) is 3.47. The van der Waals surface area contributed by atoms with Gasteiger partial charge in [-0.05, 0) is 32.9 Å². The lowest BCUT2D eigenvalue weighted by molar-refractivity contribution is 0.0945. The highest BCUT2D eigenvalue weighted by Gasteiger charge is 2.23. The van der Waals surface area contributed by atoms with Gasteiger partial charge < -0.3 is 10.6 Å². The molecule has 0 bridgehead atoms. The van der Waals surface area contributed by atoms with Gasteiger partial charge in [-0.3, -0.25) is 4.79 Å². The van der Waals surface area contributed by atoms with Crippen LogP contribution in [0.1, 0.15) is 31.1 Å². The molecule has 1 amide bonds. The molecular weight excluding hydrogens is 292 g/mol. The fraction of sp³-hybridized carbons (Fsp3) is 0.538. The van der Waals surface area contributed by atoms with Crippen LogP contribution in [0.5, 0.6) is 0 Å². The summed E-state index contributed by atoms with van der Waals surface area (Å²) in [6.45, 7) is 6.12. The molecule has 0 unspecified atom stereocenters. The van der Waals surface area contributed by atoms with Crippen LogP contribution in [0.2, 0.25) is 0 Å². The standard InChI is InChI=1S/C13H22N4O3S/c1-5-14-11-10(7-6-8-15-11)12(18)16-9-13(2,3)17-21(4,19)20/h6-8,17H,5,9H2,1-4H3,(H,14,15)(H,16,18). The number of carbonyl (C=O) groups is 1. The molecule has 118 valence electrons. The monoisotopic (exact) mass is 314 g/mol. The molecule has 0 aromatic carbocycles. The van der Waals surface area contributed by atoms with Gasteiger partial charge in [-0.2, -0.15) is 0 Å². The predicted octanol–water partition coefficient (Wildman–Crippen LogP) is 0.571. The molecule has 0 saturated carbocycles. The van der Waals surface area contributed by atoms with E-state index in [0.717, 1.165) is 6.26 Å². The number of hydrogen-bond acceptors (Lipinski definition) is 5. The van der Waals surface area contributed by atoms with Crippen LogP contribution in [-0.2, 0) is 10.0 Å². The van der Waals surface area contributed by atoms with Crippen molar-refractivity contribution in [2.75, 3.05) is 24.7 Å². The maximum atomic E-state index is 12.2. The fourth-order valence-corrected chi connectivity index (χ4v) is 2.91. The number of pyridine rings is 1. The van der Waals surface area contributed by atoms with E-state index in [9.17, 15) is 13.2 Å². The third-order valence-electron chi connectivity index (χ3n) is 2.55. The van der Waals surface area contributed by atoms with Crippen molar-refractivity contribution in [1.29, 1.82) is 0 Å². The number of aromatic nitrogens is 1. The summed E-state index contributed by atoms with van der Waals surface area (Å²) < 4.78 is 25.0. The summed E-state index contributed by atoms with van der Waals surface area (Å²) in [6.07, 6.45) is 2.69. The van der Waals surface area contributed by atoms with E-state index in [-0.39, 0.29) is 12.5 Å². The highest BCUT2D eigenvalue weighted by atomic mass is 32.2. The fourth-order valence-electron chi connectivity index (χ4n) is 1.83. The minimum absolute atomic E-state index is 0.166. The first-order chi connectivity index (χ1) is 9.64. The molecule has 0 atom stereocenters. The molecule has 21 heavy (non-hydrogen) atoms. The van der Waals surface area contributed by atoms with Gasteiger partial charge in [0.2, 0.25) is 10.0 Å². The smallest absolute Gasteiger partial charge is 0.255 e. The van der Waals surface area contributed by atoms with Gasteiger partial charge in [0.15, 0.2) is 0 Å². The van der Waals surface area contributed by atoms with Crippen LogP contribution in [0, 0.1) is 0 Å². The van der Waals surface area contributed by atoms with Crippen molar-refractivity contribution in [3.8, 4) is 0 Å². The molecule has 1 aromatic heterocycles. The summed E-state index contributed by atoms with van der Waals surface area (Å²) >= 11 is 0. The molecule has 0 aliphatic carbocycles. The van der Waals surface area contributed by atoms with Crippen LogP contribution < -0.4 is 15.4 Å². The molecule has 1 rings (SSSR count). The maximum Gasteiger partial charge on any atom is 0.255 e. The summed E-state index contributed by atoms with van der Waals surface area (Å²) in [4.78, 5) is 16.3. The molecule has 1 heterocycles. The van der Waals surface area contributed by atoms with Gasteiger partial charge in [0.05, 0.1) is 11.8 Å². The van der Waals surface area contributed by atoms with Gasteiger partial charge in [-0.1, -0.05) is 0 Å². The van der Waals surface area contributed by atoms with E-state index in [4.69, 9.17) is 0 Å². The van der Waals surface area contributed by atoms with Crippen molar-refractivity contribution in [2.24, 2.45) is 0 Å². The Labute approximate surface area is 125 Å². The molecular formula is C13H22N4O3S. The molecule has 1 aromatic rings. The maximum absolute atomic E-state index is 12.2. The number of nitrogens with zero attached hydrogens (tertiary/aromatic N) is 1. The van der Waals surface area contributed by atoms with E-state index in [1.165, 1.54) is 0 Å². The lowest BCUT2D eigenvalue weighted by Gasteiger charge is -2.25. The second-order valence-electron chi connectivity index (χ2n) is 5.37. The Bertz CT molecular complexity index is 599.